The summed E-state index contributed by atoms with van der Waals surface area (Å²) in [5.74, 6) is 0.325. The van der Waals surface area contributed by atoms with Gasteiger partial charge >= 0.3 is 0 Å². The molecule has 0 radical (unpaired) electrons. The molecule has 0 aromatic heterocycles. The predicted octanol–water partition coefficient (Wildman–Crippen LogP) is 1.82. The van der Waals surface area contributed by atoms with Gasteiger partial charge in [0.1, 0.15) is 0 Å². The Morgan fingerprint density at radius 2 is 2.05 bits per heavy atom. The van der Waals surface area contributed by atoms with Crippen molar-refractivity contribution in [1.29, 1.82) is 0 Å². The first-order valence-electron chi connectivity index (χ1n) is 7.09. The topological polar surface area (TPSA) is 23.6 Å². The van der Waals surface area contributed by atoms with Crippen LogP contribution in [0.25, 0.3) is 0 Å². The lowest BCUT2D eigenvalue weighted by atomic mass is 10.0. The number of hydrogen-bond donors (Lipinski definition) is 0. The van der Waals surface area contributed by atoms with E-state index in [4.69, 9.17) is 0 Å². The molecule has 0 N–H and O–H groups in total. The summed E-state index contributed by atoms with van der Waals surface area (Å²) in [5.41, 5.74) is 1.12. The molecule has 104 valence electrons. The molecule has 1 fully saturated rings. The molecule has 0 saturated carbocycles. The highest BCUT2D eigenvalue weighted by molar-refractivity contribution is 5.82. The van der Waals surface area contributed by atoms with Crippen LogP contribution in [-0.4, -0.2) is 55.4 Å². The molecule has 0 bridgehead atoms. The Bertz CT molecular complexity index is 402. The molecule has 1 atom stereocenters. The Morgan fingerprint density at radius 3 is 2.74 bits per heavy atom. The SMILES string of the molecule is CN(C)C1CCCN(CC(=O)Cc2ccccc2)C1. The number of hydrogen-bond acceptors (Lipinski definition) is 3. The molecule has 1 heterocycles. The summed E-state index contributed by atoms with van der Waals surface area (Å²) in [4.78, 5) is 16.7. The van der Waals surface area contributed by atoms with E-state index in [1.54, 1.807) is 0 Å². The first-order valence-corrected chi connectivity index (χ1v) is 7.09. The van der Waals surface area contributed by atoms with Crippen molar-refractivity contribution in [1.82, 2.24) is 9.80 Å². The minimum absolute atomic E-state index is 0.325. The summed E-state index contributed by atoms with van der Waals surface area (Å²) in [6, 6.07) is 10.6. The first-order chi connectivity index (χ1) is 9.15. The molecule has 0 spiro atoms. The molecule has 1 aliphatic heterocycles. The standard InChI is InChI=1S/C16H24N2O/c1-17(2)15-9-6-10-18(12-15)13-16(19)11-14-7-4-3-5-8-14/h3-5,7-8,15H,6,9-13H2,1-2H3. The molecule has 0 amide bonds. The van der Waals surface area contributed by atoms with E-state index < -0.39 is 0 Å². The number of carbonyl (C=O) groups is 1. The van der Waals surface area contributed by atoms with Crippen LogP contribution >= 0.6 is 0 Å². The average Bonchev–Trinajstić information content (AvgIpc) is 2.40. The van der Waals surface area contributed by atoms with Gasteiger partial charge in [0.2, 0.25) is 0 Å². The zero-order valence-electron chi connectivity index (χ0n) is 12.0. The van der Waals surface area contributed by atoms with Crippen LogP contribution in [0, 0.1) is 0 Å². The summed E-state index contributed by atoms with van der Waals surface area (Å²) in [5, 5.41) is 0. The van der Waals surface area contributed by atoms with E-state index in [1.807, 2.05) is 30.3 Å². The molecule has 1 aliphatic rings. The highest BCUT2D eigenvalue weighted by Crippen LogP contribution is 2.13. The fraction of sp³-hybridized carbons (Fsp3) is 0.562. The molecule has 1 saturated heterocycles. The lowest BCUT2D eigenvalue weighted by molar-refractivity contribution is -0.120. The lowest BCUT2D eigenvalue weighted by Crippen LogP contribution is -2.46. The van der Waals surface area contributed by atoms with Crippen molar-refractivity contribution in [3.63, 3.8) is 0 Å². The third-order valence-electron chi connectivity index (χ3n) is 3.86. The van der Waals surface area contributed by atoms with E-state index in [0.29, 0.717) is 24.8 Å². The Labute approximate surface area is 116 Å². The third kappa shape index (κ3) is 4.44. The van der Waals surface area contributed by atoms with Gasteiger partial charge in [-0.05, 0) is 39.0 Å². The summed E-state index contributed by atoms with van der Waals surface area (Å²) >= 11 is 0. The van der Waals surface area contributed by atoms with Gasteiger partial charge in [0.05, 0.1) is 6.54 Å². The molecular formula is C16H24N2O. The van der Waals surface area contributed by atoms with E-state index in [9.17, 15) is 4.79 Å². The number of likely N-dealkylation sites (tertiary alicyclic amines) is 1. The minimum atomic E-state index is 0.325. The van der Waals surface area contributed by atoms with Gasteiger partial charge < -0.3 is 4.90 Å². The number of ketones is 1. The van der Waals surface area contributed by atoms with Gasteiger partial charge in [-0.3, -0.25) is 9.69 Å². The Hall–Kier alpha value is -1.19. The second kappa shape index (κ2) is 6.83. The van der Waals surface area contributed by atoms with Crippen LogP contribution in [0.5, 0.6) is 0 Å². The van der Waals surface area contributed by atoms with E-state index in [1.165, 1.54) is 12.8 Å². The minimum Gasteiger partial charge on any atom is -0.305 e. The van der Waals surface area contributed by atoms with Gasteiger partial charge in [0.15, 0.2) is 5.78 Å². The lowest BCUT2D eigenvalue weighted by Gasteiger charge is -2.35. The molecule has 0 aliphatic carbocycles. The van der Waals surface area contributed by atoms with Crippen LogP contribution < -0.4 is 0 Å². The van der Waals surface area contributed by atoms with E-state index in [0.717, 1.165) is 18.7 Å². The molecular weight excluding hydrogens is 236 g/mol. The maximum absolute atomic E-state index is 12.1. The summed E-state index contributed by atoms with van der Waals surface area (Å²) < 4.78 is 0. The van der Waals surface area contributed by atoms with Crippen molar-refractivity contribution < 1.29 is 4.79 Å². The molecule has 2 rings (SSSR count). The molecule has 3 nitrogen and oxygen atoms in total. The number of rotatable bonds is 5. The van der Waals surface area contributed by atoms with Gasteiger partial charge in [-0.2, -0.15) is 0 Å². The van der Waals surface area contributed by atoms with Crippen molar-refractivity contribution in [2.24, 2.45) is 0 Å². The molecule has 3 heteroatoms. The van der Waals surface area contributed by atoms with Crippen molar-refractivity contribution in [2.45, 2.75) is 25.3 Å². The number of piperidine rings is 1. The Morgan fingerprint density at radius 1 is 1.32 bits per heavy atom. The maximum Gasteiger partial charge on any atom is 0.151 e. The average molecular weight is 260 g/mol. The zero-order valence-corrected chi connectivity index (χ0v) is 12.0. The van der Waals surface area contributed by atoms with Crippen molar-refractivity contribution >= 4 is 5.78 Å². The number of Topliss-reactive ketones (excluding diaryl/α,β-unsaturated/α-hetero) is 1. The van der Waals surface area contributed by atoms with Crippen LogP contribution in [0.15, 0.2) is 30.3 Å². The second-order valence-corrected chi connectivity index (χ2v) is 5.70. The van der Waals surface area contributed by atoms with Crippen LogP contribution in [0.2, 0.25) is 0 Å². The third-order valence-corrected chi connectivity index (χ3v) is 3.86. The Kier molecular flexibility index (Phi) is 5.11. The highest BCUT2D eigenvalue weighted by Gasteiger charge is 2.22. The molecule has 19 heavy (non-hydrogen) atoms. The van der Waals surface area contributed by atoms with E-state index >= 15 is 0 Å². The van der Waals surface area contributed by atoms with E-state index in [-0.39, 0.29) is 0 Å². The van der Waals surface area contributed by atoms with Crippen LogP contribution in [0.4, 0.5) is 0 Å². The number of carbonyl (C=O) groups excluding carboxylic acids is 1. The first kappa shape index (κ1) is 14.2. The van der Waals surface area contributed by atoms with Gasteiger partial charge in [0, 0.05) is 19.0 Å². The van der Waals surface area contributed by atoms with Crippen molar-refractivity contribution in [3.8, 4) is 0 Å². The van der Waals surface area contributed by atoms with Crippen LogP contribution in [0.3, 0.4) is 0 Å². The van der Waals surface area contributed by atoms with Crippen LogP contribution in [-0.2, 0) is 11.2 Å². The van der Waals surface area contributed by atoms with E-state index in [2.05, 4.69) is 23.9 Å². The summed E-state index contributed by atoms with van der Waals surface area (Å²) in [6.45, 7) is 2.68. The second-order valence-electron chi connectivity index (χ2n) is 5.70. The van der Waals surface area contributed by atoms with Gasteiger partial charge in [-0.25, -0.2) is 0 Å². The summed E-state index contributed by atoms with van der Waals surface area (Å²) in [6.07, 6.45) is 3.00. The van der Waals surface area contributed by atoms with Gasteiger partial charge in [0.25, 0.3) is 0 Å². The van der Waals surface area contributed by atoms with Crippen molar-refractivity contribution in [2.75, 3.05) is 33.7 Å². The number of likely N-dealkylation sites (N-methyl/N-ethyl adjacent to an activating group) is 1. The highest BCUT2D eigenvalue weighted by atomic mass is 16.1. The normalized spacial score (nSPS) is 20.7. The monoisotopic (exact) mass is 260 g/mol. The molecule has 1 aromatic rings. The Balaban J connectivity index is 1.82. The van der Waals surface area contributed by atoms with Crippen molar-refractivity contribution in [3.05, 3.63) is 35.9 Å². The van der Waals surface area contributed by atoms with Gasteiger partial charge in [-0.1, -0.05) is 30.3 Å². The zero-order chi connectivity index (χ0) is 13.7. The smallest absolute Gasteiger partial charge is 0.151 e. The largest absolute Gasteiger partial charge is 0.305 e. The fourth-order valence-corrected chi connectivity index (χ4v) is 2.73. The maximum atomic E-state index is 12.1. The molecule has 1 unspecified atom stereocenters. The number of nitrogens with zero attached hydrogens (tertiary/aromatic N) is 2. The molecule has 1 aromatic carbocycles. The van der Waals surface area contributed by atoms with Crippen LogP contribution in [0.1, 0.15) is 18.4 Å². The summed E-state index contributed by atoms with van der Waals surface area (Å²) in [7, 11) is 4.25. The predicted molar refractivity (Wildman–Crippen MR) is 78.3 cm³/mol. The fourth-order valence-electron chi connectivity index (χ4n) is 2.73. The quantitative estimate of drug-likeness (QED) is 0.807. The van der Waals surface area contributed by atoms with Gasteiger partial charge in [-0.15, -0.1) is 0 Å². The number of benzene rings is 1.